The standard InChI is InChI=1S/C31H40N6/c1-3-10-29-34-30(11-4-2)37(32)31(35-29)36-20-18-25(19-21-36)33-22-28-26-16-7-5-12-23(26)14-9-15-24-13-6-8-17-27(24)28/h3-8,12-13,16-17,25,28,30,33H,1-2,9-11,14-15,18-22,32H2. The van der Waals surface area contributed by atoms with Gasteiger partial charge < -0.3 is 10.2 Å². The fraction of sp³-hybridized carbons (Fsp3) is 0.419. The summed E-state index contributed by atoms with van der Waals surface area (Å²) >= 11 is 0. The molecule has 6 heteroatoms. The van der Waals surface area contributed by atoms with E-state index in [-0.39, 0.29) is 6.17 Å². The number of nitrogens with zero attached hydrogens (tertiary/aromatic N) is 4. The van der Waals surface area contributed by atoms with Crippen LogP contribution in [0, 0.1) is 0 Å². The molecule has 2 aromatic carbocycles. The number of benzene rings is 2. The molecule has 6 nitrogen and oxygen atoms in total. The quantitative estimate of drug-likeness (QED) is 0.427. The third-order valence-corrected chi connectivity index (χ3v) is 7.93. The van der Waals surface area contributed by atoms with Crippen molar-refractivity contribution in [1.29, 1.82) is 0 Å². The summed E-state index contributed by atoms with van der Waals surface area (Å²) < 4.78 is 0. The summed E-state index contributed by atoms with van der Waals surface area (Å²) in [6.45, 7) is 10.5. The van der Waals surface area contributed by atoms with E-state index in [1.165, 1.54) is 28.7 Å². The number of aryl methyl sites for hydroxylation is 2. The highest BCUT2D eigenvalue weighted by molar-refractivity contribution is 5.98. The Morgan fingerprint density at radius 1 is 0.946 bits per heavy atom. The molecule has 0 spiro atoms. The van der Waals surface area contributed by atoms with Gasteiger partial charge in [-0.1, -0.05) is 60.7 Å². The van der Waals surface area contributed by atoms with Crippen LogP contribution >= 0.6 is 0 Å². The molecule has 0 aromatic heterocycles. The first-order chi connectivity index (χ1) is 18.2. The number of hydrazine groups is 1. The number of nitrogens with one attached hydrogen (secondary N) is 1. The highest BCUT2D eigenvalue weighted by Gasteiger charge is 2.30. The van der Waals surface area contributed by atoms with Gasteiger partial charge in [-0.15, -0.1) is 13.2 Å². The number of hydrogen-bond acceptors (Lipinski definition) is 6. The van der Waals surface area contributed by atoms with Gasteiger partial charge in [0.25, 0.3) is 0 Å². The van der Waals surface area contributed by atoms with Crippen LogP contribution in [-0.4, -0.2) is 53.5 Å². The van der Waals surface area contributed by atoms with Gasteiger partial charge in [0.2, 0.25) is 5.96 Å². The average molecular weight is 497 g/mol. The number of rotatable bonds is 7. The second-order valence-electron chi connectivity index (χ2n) is 10.3. The summed E-state index contributed by atoms with van der Waals surface area (Å²) in [6.07, 6.45) is 10.5. The molecule has 37 heavy (non-hydrogen) atoms. The molecule has 0 radical (unpaired) electrons. The first-order valence-corrected chi connectivity index (χ1v) is 13.7. The molecular weight excluding hydrogens is 456 g/mol. The van der Waals surface area contributed by atoms with Gasteiger partial charge in [-0.2, -0.15) is 4.99 Å². The summed E-state index contributed by atoms with van der Waals surface area (Å²) in [5, 5.41) is 5.67. The van der Waals surface area contributed by atoms with Gasteiger partial charge in [-0.25, -0.2) is 10.8 Å². The number of fused-ring (bicyclic) bond motifs is 2. The van der Waals surface area contributed by atoms with Gasteiger partial charge in [0.1, 0.15) is 12.0 Å². The molecule has 1 fully saturated rings. The Kier molecular flexibility index (Phi) is 8.17. The highest BCUT2D eigenvalue weighted by atomic mass is 15.6. The number of aliphatic imine (C=N–C) groups is 2. The van der Waals surface area contributed by atoms with Crippen LogP contribution in [0.5, 0.6) is 0 Å². The second kappa shape index (κ2) is 11.9. The Bertz CT molecular complexity index is 1110. The Hall–Kier alpha value is -3.22. The summed E-state index contributed by atoms with van der Waals surface area (Å²) in [5.74, 6) is 8.46. The molecule has 0 saturated carbocycles. The fourth-order valence-electron chi connectivity index (χ4n) is 5.97. The maximum absolute atomic E-state index is 6.47. The maximum Gasteiger partial charge on any atom is 0.219 e. The Labute approximate surface area is 221 Å². The molecule has 1 aliphatic carbocycles. The molecule has 1 saturated heterocycles. The Morgan fingerprint density at radius 2 is 1.59 bits per heavy atom. The van der Waals surface area contributed by atoms with Crippen LogP contribution in [0.1, 0.15) is 60.3 Å². The Morgan fingerprint density at radius 3 is 2.22 bits per heavy atom. The minimum atomic E-state index is -0.157. The number of piperidine rings is 1. The first kappa shape index (κ1) is 25.4. The van der Waals surface area contributed by atoms with Crippen LogP contribution in [0.25, 0.3) is 0 Å². The lowest BCUT2D eigenvalue weighted by Crippen LogP contribution is -2.57. The zero-order chi connectivity index (χ0) is 25.6. The van der Waals surface area contributed by atoms with E-state index in [1.54, 1.807) is 5.01 Å². The largest absolute Gasteiger partial charge is 0.341 e. The van der Waals surface area contributed by atoms with E-state index < -0.39 is 0 Å². The number of amidine groups is 1. The fourth-order valence-corrected chi connectivity index (χ4v) is 5.97. The molecule has 3 N–H and O–H groups in total. The molecule has 2 aliphatic heterocycles. The van der Waals surface area contributed by atoms with Gasteiger partial charge >= 0.3 is 0 Å². The van der Waals surface area contributed by atoms with Crippen LogP contribution in [0.4, 0.5) is 0 Å². The predicted octanol–water partition coefficient (Wildman–Crippen LogP) is 4.78. The molecule has 2 aromatic rings. The van der Waals surface area contributed by atoms with Crippen LogP contribution in [0.15, 0.2) is 83.8 Å². The molecule has 1 atom stereocenters. The zero-order valence-electron chi connectivity index (χ0n) is 21.9. The number of likely N-dealkylation sites (tertiary alicyclic amines) is 1. The highest BCUT2D eigenvalue weighted by Crippen LogP contribution is 2.33. The lowest BCUT2D eigenvalue weighted by atomic mass is 9.80. The van der Waals surface area contributed by atoms with Crippen LogP contribution in [0.2, 0.25) is 0 Å². The van der Waals surface area contributed by atoms with Gasteiger partial charge in [0.05, 0.1) is 0 Å². The van der Waals surface area contributed by atoms with Crippen LogP contribution < -0.4 is 11.2 Å². The van der Waals surface area contributed by atoms with E-state index in [0.29, 0.717) is 24.8 Å². The summed E-state index contributed by atoms with van der Waals surface area (Å²) in [7, 11) is 0. The van der Waals surface area contributed by atoms with Crippen molar-refractivity contribution < 1.29 is 0 Å². The van der Waals surface area contributed by atoms with E-state index in [0.717, 1.165) is 57.1 Å². The molecule has 2 heterocycles. The molecule has 1 unspecified atom stereocenters. The third-order valence-electron chi connectivity index (χ3n) is 7.93. The Balaban J connectivity index is 1.26. The van der Waals surface area contributed by atoms with Gasteiger partial charge in [-0.3, -0.25) is 5.01 Å². The average Bonchev–Trinajstić information content (AvgIpc) is 2.91. The number of guanidine groups is 1. The van der Waals surface area contributed by atoms with E-state index in [4.69, 9.17) is 10.8 Å². The summed E-state index contributed by atoms with van der Waals surface area (Å²) in [4.78, 5) is 11.8. The van der Waals surface area contributed by atoms with E-state index >= 15 is 0 Å². The molecule has 5 rings (SSSR count). The SMILES string of the molecule is C=CCC1=NC(CC=C)N(N)C(N2CCC(NCC3c4ccccc4CCCc4ccccc43)CC2)=N1. The van der Waals surface area contributed by atoms with Crippen molar-refractivity contribution in [1.82, 2.24) is 15.2 Å². The minimum Gasteiger partial charge on any atom is -0.341 e. The molecule has 3 aliphatic rings. The number of hydrogen-bond donors (Lipinski definition) is 2. The lowest BCUT2D eigenvalue weighted by molar-refractivity contribution is 0.222. The molecule has 0 bridgehead atoms. The van der Waals surface area contributed by atoms with Crippen molar-refractivity contribution in [3.8, 4) is 0 Å². The molecule has 194 valence electrons. The van der Waals surface area contributed by atoms with Crippen molar-refractivity contribution in [2.75, 3.05) is 19.6 Å². The van der Waals surface area contributed by atoms with E-state index in [9.17, 15) is 0 Å². The maximum atomic E-state index is 6.47. The zero-order valence-corrected chi connectivity index (χ0v) is 21.9. The van der Waals surface area contributed by atoms with E-state index in [1.807, 2.05) is 12.2 Å². The third kappa shape index (κ3) is 5.71. The monoisotopic (exact) mass is 496 g/mol. The summed E-state index contributed by atoms with van der Waals surface area (Å²) in [6, 6.07) is 18.6. The van der Waals surface area contributed by atoms with Crippen molar-refractivity contribution in [3.05, 3.63) is 96.1 Å². The molecular formula is C31H40N6. The van der Waals surface area contributed by atoms with Crippen molar-refractivity contribution in [3.63, 3.8) is 0 Å². The van der Waals surface area contributed by atoms with Gasteiger partial charge in [0, 0.05) is 44.4 Å². The van der Waals surface area contributed by atoms with Gasteiger partial charge in [-0.05, 0) is 54.4 Å². The summed E-state index contributed by atoms with van der Waals surface area (Å²) in [5.41, 5.74) is 5.97. The minimum absolute atomic E-state index is 0.157. The van der Waals surface area contributed by atoms with Crippen molar-refractivity contribution >= 4 is 11.8 Å². The van der Waals surface area contributed by atoms with Gasteiger partial charge in [0.15, 0.2) is 0 Å². The topological polar surface area (TPSA) is 69.2 Å². The smallest absolute Gasteiger partial charge is 0.219 e. The van der Waals surface area contributed by atoms with Crippen LogP contribution in [-0.2, 0) is 12.8 Å². The van der Waals surface area contributed by atoms with Crippen LogP contribution in [0.3, 0.4) is 0 Å². The first-order valence-electron chi connectivity index (χ1n) is 13.7. The van der Waals surface area contributed by atoms with E-state index in [2.05, 4.69) is 76.9 Å². The molecule has 0 amide bonds. The predicted molar refractivity (Wildman–Crippen MR) is 154 cm³/mol. The van der Waals surface area contributed by atoms with Crippen molar-refractivity contribution in [2.24, 2.45) is 15.8 Å². The normalized spacial score (nSPS) is 20.7. The number of nitrogens with two attached hydrogens (primary N) is 1. The lowest BCUT2D eigenvalue weighted by Gasteiger charge is -2.40. The van der Waals surface area contributed by atoms with Crippen molar-refractivity contribution in [2.45, 2.75) is 63.1 Å². The second-order valence-corrected chi connectivity index (χ2v) is 10.3.